The number of hydrogen-bond donors (Lipinski definition) is 0. The number of carbonyl (C=O) groups is 1. The lowest BCUT2D eigenvalue weighted by Gasteiger charge is -2.36. The van der Waals surface area contributed by atoms with Gasteiger partial charge in [-0.05, 0) is 46.3 Å². The number of sulfonamides is 1. The van der Waals surface area contributed by atoms with Gasteiger partial charge in [-0.2, -0.15) is 4.31 Å². The molecule has 162 valence electrons. The molecular formula is C21H25BrFN3O3S. The number of carbonyl (C=O) groups excluding carboxylic acids is 1. The minimum Gasteiger partial charge on any atom is -0.366 e. The van der Waals surface area contributed by atoms with Crippen LogP contribution >= 0.6 is 15.9 Å². The summed E-state index contributed by atoms with van der Waals surface area (Å²) in [6.45, 7) is 6.12. The van der Waals surface area contributed by atoms with Crippen molar-refractivity contribution < 1.29 is 17.6 Å². The van der Waals surface area contributed by atoms with Crippen LogP contribution in [0.4, 0.5) is 10.1 Å². The van der Waals surface area contributed by atoms with Crippen molar-refractivity contribution in [2.24, 2.45) is 0 Å². The largest absolute Gasteiger partial charge is 0.366 e. The van der Waals surface area contributed by atoms with Gasteiger partial charge < -0.3 is 9.80 Å². The van der Waals surface area contributed by atoms with Crippen molar-refractivity contribution in [3.63, 3.8) is 0 Å². The number of hydrogen-bond acceptors (Lipinski definition) is 4. The summed E-state index contributed by atoms with van der Waals surface area (Å²) in [6, 6.07) is 11.1. The number of anilines is 1. The van der Waals surface area contributed by atoms with E-state index in [1.165, 1.54) is 22.5 Å². The summed E-state index contributed by atoms with van der Waals surface area (Å²) in [7, 11) is -3.66. The summed E-state index contributed by atoms with van der Waals surface area (Å²) in [5.74, 6) is -0.527. The van der Waals surface area contributed by atoms with Gasteiger partial charge in [0.1, 0.15) is 5.82 Å². The van der Waals surface area contributed by atoms with E-state index < -0.39 is 10.0 Å². The number of amides is 1. The lowest BCUT2D eigenvalue weighted by atomic mass is 10.1. The van der Waals surface area contributed by atoms with Crippen LogP contribution in [0.1, 0.15) is 24.2 Å². The SMILES string of the molecule is CCN(CC)S(=O)(=O)c1ccc(Br)c(C(=O)N2CCN(c3ccccc3F)CC2)c1. The Balaban J connectivity index is 1.79. The topological polar surface area (TPSA) is 60.9 Å². The van der Waals surface area contributed by atoms with E-state index in [0.29, 0.717) is 55.0 Å². The molecule has 3 rings (SSSR count). The predicted octanol–water partition coefficient (Wildman–Crippen LogP) is 3.58. The number of para-hydroxylation sites is 1. The molecule has 1 amide bonds. The van der Waals surface area contributed by atoms with Crippen molar-refractivity contribution >= 4 is 37.5 Å². The first-order valence-corrected chi connectivity index (χ1v) is 12.1. The summed E-state index contributed by atoms with van der Waals surface area (Å²) in [4.78, 5) is 16.8. The van der Waals surface area contributed by atoms with E-state index in [0.717, 1.165) is 0 Å². The maximum atomic E-state index is 14.0. The quantitative estimate of drug-likeness (QED) is 0.611. The maximum Gasteiger partial charge on any atom is 0.255 e. The van der Waals surface area contributed by atoms with E-state index in [1.807, 2.05) is 4.90 Å². The number of piperazine rings is 1. The smallest absolute Gasteiger partial charge is 0.255 e. The first-order valence-electron chi connectivity index (χ1n) is 9.88. The van der Waals surface area contributed by atoms with Crippen LogP contribution in [0.2, 0.25) is 0 Å². The highest BCUT2D eigenvalue weighted by atomic mass is 79.9. The number of halogens is 2. The first kappa shape index (κ1) is 22.7. The monoisotopic (exact) mass is 497 g/mol. The van der Waals surface area contributed by atoms with Crippen LogP contribution in [-0.4, -0.2) is 62.8 Å². The second kappa shape index (κ2) is 9.45. The van der Waals surface area contributed by atoms with Crippen LogP contribution < -0.4 is 4.90 Å². The minimum absolute atomic E-state index is 0.0998. The molecule has 1 saturated heterocycles. The maximum absolute atomic E-state index is 14.0. The molecule has 2 aromatic rings. The number of benzene rings is 2. The molecule has 30 heavy (non-hydrogen) atoms. The second-order valence-corrected chi connectivity index (χ2v) is 9.75. The van der Waals surface area contributed by atoms with Crippen LogP contribution in [0.3, 0.4) is 0 Å². The van der Waals surface area contributed by atoms with Crippen LogP contribution in [0.25, 0.3) is 0 Å². The fourth-order valence-corrected chi connectivity index (χ4v) is 5.47. The van der Waals surface area contributed by atoms with Gasteiger partial charge in [-0.15, -0.1) is 0 Å². The number of rotatable bonds is 6. The van der Waals surface area contributed by atoms with Crippen molar-refractivity contribution in [3.8, 4) is 0 Å². The molecule has 0 radical (unpaired) electrons. The molecule has 0 N–H and O–H groups in total. The summed E-state index contributed by atoms with van der Waals surface area (Å²) in [6.07, 6.45) is 0. The third-order valence-electron chi connectivity index (χ3n) is 5.27. The van der Waals surface area contributed by atoms with Gasteiger partial charge in [0.05, 0.1) is 16.1 Å². The molecule has 1 aliphatic rings. The molecule has 9 heteroatoms. The fourth-order valence-electron chi connectivity index (χ4n) is 3.57. The van der Waals surface area contributed by atoms with Gasteiger partial charge in [-0.1, -0.05) is 26.0 Å². The highest BCUT2D eigenvalue weighted by Crippen LogP contribution is 2.26. The first-order chi connectivity index (χ1) is 14.3. The van der Waals surface area contributed by atoms with Crippen LogP contribution in [-0.2, 0) is 10.0 Å². The highest BCUT2D eigenvalue weighted by molar-refractivity contribution is 9.10. The van der Waals surface area contributed by atoms with E-state index in [9.17, 15) is 17.6 Å². The average molecular weight is 498 g/mol. The molecule has 6 nitrogen and oxygen atoms in total. The van der Waals surface area contributed by atoms with Gasteiger partial charge in [0.15, 0.2) is 0 Å². The molecule has 1 aliphatic heterocycles. The van der Waals surface area contributed by atoms with E-state index in [-0.39, 0.29) is 16.6 Å². The zero-order valence-corrected chi connectivity index (χ0v) is 19.4. The Morgan fingerprint density at radius 3 is 2.30 bits per heavy atom. The standard InChI is InChI=1S/C21H25BrFN3O3S/c1-3-26(4-2)30(28,29)16-9-10-18(22)17(15-16)21(27)25-13-11-24(12-14-25)20-8-6-5-7-19(20)23/h5-10,15H,3-4,11-14H2,1-2H3. The Kier molecular flexibility index (Phi) is 7.15. The molecule has 0 spiro atoms. The summed E-state index contributed by atoms with van der Waals surface area (Å²) in [5.41, 5.74) is 0.834. The third kappa shape index (κ3) is 4.53. The lowest BCUT2D eigenvalue weighted by Crippen LogP contribution is -2.49. The van der Waals surface area contributed by atoms with Gasteiger partial charge in [0, 0.05) is 43.7 Å². The van der Waals surface area contributed by atoms with Gasteiger partial charge in [-0.3, -0.25) is 4.79 Å². The molecule has 0 saturated carbocycles. The molecule has 1 heterocycles. The predicted molar refractivity (Wildman–Crippen MR) is 119 cm³/mol. The highest BCUT2D eigenvalue weighted by Gasteiger charge is 2.27. The average Bonchev–Trinajstić information content (AvgIpc) is 2.74. The van der Waals surface area contributed by atoms with Gasteiger partial charge >= 0.3 is 0 Å². The van der Waals surface area contributed by atoms with Crippen molar-refractivity contribution in [2.45, 2.75) is 18.7 Å². The van der Waals surface area contributed by atoms with Gasteiger partial charge in [0.25, 0.3) is 5.91 Å². The van der Waals surface area contributed by atoms with E-state index >= 15 is 0 Å². The zero-order chi connectivity index (χ0) is 21.9. The molecule has 0 atom stereocenters. The second-order valence-electron chi connectivity index (χ2n) is 6.96. The molecule has 0 aliphatic carbocycles. The van der Waals surface area contributed by atoms with Crippen LogP contribution in [0.15, 0.2) is 51.8 Å². The van der Waals surface area contributed by atoms with E-state index in [1.54, 1.807) is 43.0 Å². The summed E-state index contributed by atoms with van der Waals surface area (Å²) < 4.78 is 41.6. The van der Waals surface area contributed by atoms with Crippen molar-refractivity contribution in [1.82, 2.24) is 9.21 Å². The molecule has 0 aromatic heterocycles. The molecular weight excluding hydrogens is 473 g/mol. The van der Waals surface area contributed by atoms with Gasteiger partial charge in [0.2, 0.25) is 10.0 Å². The van der Waals surface area contributed by atoms with E-state index in [4.69, 9.17) is 0 Å². The molecule has 1 fully saturated rings. The van der Waals surface area contributed by atoms with Gasteiger partial charge in [-0.25, -0.2) is 12.8 Å². The Bertz CT molecular complexity index is 1020. The normalized spacial score (nSPS) is 15.0. The fraction of sp³-hybridized carbons (Fsp3) is 0.381. The Hall–Kier alpha value is -1.97. The van der Waals surface area contributed by atoms with Crippen molar-refractivity contribution in [3.05, 3.63) is 58.3 Å². The molecule has 2 aromatic carbocycles. The van der Waals surface area contributed by atoms with Crippen LogP contribution in [0.5, 0.6) is 0 Å². The van der Waals surface area contributed by atoms with E-state index in [2.05, 4.69) is 15.9 Å². The molecule has 0 bridgehead atoms. The number of nitrogens with zero attached hydrogens (tertiary/aromatic N) is 3. The third-order valence-corrected chi connectivity index (χ3v) is 8.01. The Morgan fingerprint density at radius 2 is 1.70 bits per heavy atom. The lowest BCUT2D eigenvalue weighted by molar-refractivity contribution is 0.0745. The van der Waals surface area contributed by atoms with Crippen molar-refractivity contribution in [1.29, 1.82) is 0 Å². The zero-order valence-electron chi connectivity index (χ0n) is 17.0. The molecule has 0 unspecified atom stereocenters. The minimum atomic E-state index is -3.66. The Labute approximate surface area is 185 Å². The van der Waals surface area contributed by atoms with Crippen molar-refractivity contribution in [2.75, 3.05) is 44.2 Å². The Morgan fingerprint density at radius 1 is 1.07 bits per heavy atom. The summed E-state index contributed by atoms with van der Waals surface area (Å²) in [5, 5.41) is 0. The summed E-state index contributed by atoms with van der Waals surface area (Å²) >= 11 is 3.38. The van der Waals surface area contributed by atoms with Crippen LogP contribution in [0, 0.1) is 5.82 Å².